The van der Waals surface area contributed by atoms with Crippen molar-refractivity contribution >= 4 is 38.9 Å². The number of carbonyl (C=O) groups is 3. The monoisotopic (exact) mass is 390 g/mol. The predicted molar refractivity (Wildman–Crippen MR) is 86.9 cm³/mol. The Balaban J connectivity index is 1.44. The molecule has 0 aromatic rings. The fourth-order valence-electron chi connectivity index (χ4n) is 3.66. The van der Waals surface area contributed by atoms with Crippen LogP contribution in [0.2, 0.25) is 0 Å². The standard InChI is InChI=1S/C15H18O8S2/c1-7(2)15(18)24-6-12(17)21-5-11(16)22-13-8-3-9-10(4-8)25(19,20)23-14(9)13/h8-10,13-14H,1,3-6H2,2H3. The van der Waals surface area contributed by atoms with E-state index < -0.39 is 46.1 Å². The zero-order chi connectivity index (χ0) is 18.4. The van der Waals surface area contributed by atoms with Crippen molar-refractivity contribution in [1.82, 2.24) is 0 Å². The number of ether oxygens (including phenoxy) is 2. The van der Waals surface area contributed by atoms with E-state index in [1.54, 1.807) is 0 Å². The molecule has 1 heterocycles. The van der Waals surface area contributed by atoms with Crippen molar-refractivity contribution in [3.8, 4) is 0 Å². The number of hydrogen-bond donors (Lipinski definition) is 0. The number of rotatable bonds is 6. The van der Waals surface area contributed by atoms with Crippen molar-refractivity contribution in [3.05, 3.63) is 12.2 Å². The van der Waals surface area contributed by atoms with E-state index in [2.05, 4.69) is 6.58 Å². The van der Waals surface area contributed by atoms with Crippen LogP contribution in [0.25, 0.3) is 0 Å². The lowest BCUT2D eigenvalue weighted by Gasteiger charge is -2.24. The highest BCUT2D eigenvalue weighted by molar-refractivity contribution is 8.14. The van der Waals surface area contributed by atoms with Gasteiger partial charge >= 0.3 is 11.9 Å². The summed E-state index contributed by atoms with van der Waals surface area (Å²) in [6.45, 7) is 4.41. The molecular weight excluding hydrogens is 372 g/mol. The molecule has 8 nitrogen and oxygen atoms in total. The molecule has 3 rings (SSSR count). The summed E-state index contributed by atoms with van der Waals surface area (Å²) in [6.07, 6.45) is -0.159. The van der Waals surface area contributed by atoms with Gasteiger partial charge in [-0.15, -0.1) is 0 Å². The van der Waals surface area contributed by atoms with E-state index in [0.29, 0.717) is 18.4 Å². The van der Waals surface area contributed by atoms with E-state index >= 15 is 0 Å². The second-order valence-electron chi connectivity index (χ2n) is 6.46. The number of fused-ring (bicyclic) bond motifs is 1. The minimum atomic E-state index is -3.57. The van der Waals surface area contributed by atoms with E-state index in [1.807, 2.05) is 0 Å². The molecule has 0 aromatic carbocycles. The number of carbonyl (C=O) groups excluding carboxylic acids is 3. The molecule has 0 aromatic heterocycles. The van der Waals surface area contributed by atoms with Crippen molar-refractivity contribution in [2.75, 3.05) is 12.4 Å². The fraction of sp³-hybridized carbons (Fsp3) is 0.667. The van der Waals surface area contributed by atoms with Crippen LogP contribution >= 0.6 is 11.8 Å². The van der Waals surface area contributed by atoms with Gasteiger partial charge in [-0.25, -0.2) is 4.79 Å². The molecule has 3 aliphatic rings. The molecule has 0 spiro atoms. The van der Waals surface area contributed by atoms with Gasteiger partial charge in [0.05, 0.1) is 11.0 Å². The van der Waals surface area contributed by atoms with Gasteiger partial charge in [-0.1, -0.05) is 18.3 Å². The van der Waals surface area contributed by atoms with Crippen LogP contribution in [0, 0.1) is 11.8 Å². The molecule has 25 heavy (non-hydrogen) atoms. The van der Waals surface area contributed by atoms with Crippen molar-refractivity contribution < 1.29 is 36.5 Å². The minimum absolute atomic E-state index is 0.0410. The van der Waals surface area contributed by atoms with Crippen LogP contribution in [0.1, 0.15) is 19.8 Å². The van der Waals surface area contributed by atoms with Gasteiger partial charge in [0.1, 0.15) is 12.2 Å². The Kier molecular flexibility index (Phi) is 4.95. The number of thioether (sulfide) groups is 1. The highest BCUT2D eigenvalue weighted by Gasteiger charge is 2.65. The minimum Gasteiger partial charge on any atom is -0.457 e. The molecule has 2 bridgehead atoms. The molecule has 0 N–H and O–H groups in total. The summed E-state index contributed by atoms with van der Waals surface area (Å²) in [5.74, 6) is -1.87. The van der Waals surface area contributed by atoms with Crippen LogP contribution in [-0.2, 0) is 38.2 Å². The molecule has 1 aliphatic heterocycles. The first kappa shape index (κ1) is 18.4. The van der Waals surface area contributed by atoms with Crippen LogP contribution in [0.15, 0.2) is 12.2 Å². The summed E-state index contributed by atoms with van der Waals surface area (Å²) in [7, 11) is -3.57. The predicted octanol–water partition coefficient (Wildman–Crippen LogP) is 0.414. The highest BCUT2D eigenvalue weighted by Crippen LogP contribution is 2.55. The third-order valence-electron chi connectivity index (χ3n) is 4.70. The van der Waals surface area contributed by atoms with Gasteiger partial charge in [0.25, 0.3) is 10.1 Å². The largest absolute Gasteiger partial charge is 0.457 e. The highest BCUT2D eigenvalue weighted by atomic mass is 32.2. The summed E-state index contributed by atoms with van der Waals surface area (Å²) in [5, 5.41) is -0.811. The lowest BCUT2D eigenvalue weighted by Crippen LogP contribution is -2.38. The lowest BCUT2D eigenvalue weighted by atomic mass is 9.94. The maximum atomic E-state index is 11.9. The molecule has 2 saturated carbocycles. The Labute approximate surface area is 149 Å². The van der Waals surface area contributed by atoms with Gasteiger partial charge in [-0.2, -0.15) is 8.42 Å². The summed E-state index contributed by atoms with van der Waals surface area (Å²) in [5.41, 5.74) is 0.318. The molecule has 138 valence electrons. The van der Waals surface area contributed by atoms with Crippen LogP contribution in [0.5, 0.6) is 0 Å². The Morgan fingerprint density at radius 3 is 2.64 bits per heavy atom. The van der Waals surface area contributed by atoms with Crippen LogP contribution in [0.4, 0.5) is 0 Å². The number of hydrogen-bond acceptors (Lipinski definition) is 9. The van der Waals surface area contributed by atoms with E-state index in [-0.39, 0.29) is 22.7 Å². The van der Waals surface area contributed by atoms with Gasteiger partial charge in [-0.3, -0.25) is 13.8 Å². The maximum Gasteiger partial charge on any atom is 0.344 e. The molecule has 1 saturated heterocycles. The molecule has 5 atom stereocenters. The molecule has 0 radical (unpaired) electrons. The summed E-state index contributed by atoms with van der Waals surface area (Å²) < 4.78 is 38.8. The second kappa shape index (κ2) is 6.73. The third kappa shape index (κ3) is 3.61. The molecule has 10 heteroatoms. The van der Waals surface area contributed by atoms with Crippen molar-refractivity contribution in [3.63, 3.8) is 0 Å². The van der Waals surface area contributed by atoms with Gasteiger partial charge in [-0.05, 0) is 25.3 Å². The normalized spacial score (nSPS) is 33.9. The van der Waals surface area contributed by atoms with E-state index in [9.17, 15) is 22.8 Å². The van der Waals surface area contributed by atoms with E-state index in [1.165, 1.54) is 6.92 Å². The SMILES string of the molecule is C=C(C)C(=O)SCC(=O)OCC(=O)OC1C2CC3C1OS(=O)(=O)C3C2. The topological polar surface area (TPSA) is 113 Å². The maximum absolute atomic E-state index is 11.9. The Morgan fingerprint density at radius 2 is 1.96 bits per heavy atom. The molecule has 2 aliphatic carbocycles. The van der Waals surface area contributed by atoms with Gasteiger partial charge in [0, 0.05) is 11.8 Å². The third-order valence-corrected chi connectivity index (χ3v) is 7.47. The second-order valence-corrected chi connectivity index (χ2v) is 9.19. The average molecular weight is 390 g/mol. The van der Waals surface area contributed by atoms with Crippen molar-refractivity contribution in [2.24, 2.45) is 11.8 Å². The molecule has 0 amide bonds. The first-order chi connectivity index (χ1) is 11.7. The Morgan fingerprint density at radius 1 is 1.24 bits per heavy atom. The van der Waals surface area contributed by atoms with Crippen molar-refractivity contribution in [2.45, 2.75) is 37.2 Å². The van der Waals surface area contributed by atoms with Crippen molar-refractivity contribution in [1.29, 1.82) is 0 Å². The molecule has 3 fully saturated rings. The lowest BCUT2D eigenvalue weighted by molar-refractivity contribution is -0.166. The summed E-state index contributed by atoms with van der Waals surface area (Å²) in [6, 6.07) is 0. The van der Waals surface area contributed by atoms with E-state index in [4.69, 9.17) is 13.7 Å². The first-order valence-corrected chi connectivity index (χ1v) is 10.2. The van der Waals surface area contributed by atoms with Crippen LogP contribution < -0.4 is 0 Å². The number of esters is 2. The Hall–Kier alpha value is -1.39. The van der Waals surface area contributed by atoms with Gasteiger partial charge < -0.3 is 9.47 Å². The van der Waals surface area contributed by atoms with Crippen LogP contribution in [-0.4, -0.2) is 55.3 Å². The molecular formula is C15H18O8S2. The first-order valence-electron chi connectivity index (χ1n) is 7.79. The molecule has 5 unspecified atom stereocenters. The van der Waals surface area contributed by atoms with Crippen LogP contribution in [0.3, 0.4) is 0 Å². The zero-order valence-corrected chi connectivity index (χ0v) is 15.1. The summed E-state index contributed by atoms with van der Waals surface area (Å²) in [4.78, 5) is 34.7. The quantitative estimate of drug-likeness (QED) is 0.361. The van der Waals surface area contributed by atoms with Gasteiger partial charge in [0.2, 0.25) is 5.12 Å². The van der Waals surface area contributed by atoms with E-state index in [0.717, 1.165) is 11.8 Å². The summed E-state index contributed by atoms with van der Waals surface area (Å²) >= 11 is 0.744. The Bertz CT molecular complexity index is 728. The van der Waals surface area contributed by atoms with Gasteiger partial charge in [0.15, 0.2) is 6.61 Å². The average Bonchev–Trinajstić information content (AvgIpc) is 3.14. The smallest absolute Gasteiger partial charge is 0.344 e. The fourth-order valence-corrected chi connectivity index (χ4v) is 6.12. The zero-order valence-electron chi connectivity index (χ0n) is 13.5.